The van der Waals surface area contributed by atoms with Crippen LogP contribution in [0.3, 0.4) is 0 Å². The molecule has 0 amide bonds. The molecule has 0 bridgehead atoms. The van der Waals surface area contributed by atoms with Gasteiger partial charge in [-0.3, -0.25) is 37.3 Å². The van der Waals surface area contributed by atoms with Crippen molar-refractivity contribution in [3.8, 4) is 0 Å². The van der Waals surface area contributed by atoms with Gasteiger partial charge in [-0.2, -0.15) is 0 Å². The number of phosphoric acid groups is 2. The van der Waals surface area contributed by atoms with Crippen LogP contribution in [0.2, 0.25) is 0 Å². The summed E-state index contributed by atoms with van der Waals surface area (Å²) in [4.78, 5) is 73.2. The van der Waals surface area contributed by atoms with Gasteiger partial charge < -0.3 is 33.8 Å². The van der Waals surface area contributed by atoms with Gasteiger partial charge >= 0.3 is 39.5 Å². The molecule has 6 atom stereocenters. The summed E-state index contributed by atoms with van der Waals surface area (Å²) in [6.07, 6.45) is 66.7. The molecule has 0 aromatic rings. The molecule has 17 nitrogen and oxygen atoms in total. The first kappa shape index (κ1) is 103. The van der Waals surface area contributed by atoms with E-state index in [1.807, 2.05) is 0 Å². The third kappa shape index (κ3) is 78.5. The molecule has 0 spiro atoms. The molecule has 0 saturated carbocycles. The maximum Gasteiger partial charge on any atom is 0.472 e. The van der Waals surface area contributed by atoms with E-state index in [0.29, 0.717) is 31.6 Å². The highest BCUT2D eigenvalue weighted by Crippen LogP contribution is 2.45. The number of unbranched alkanes of at least 4 members (excludes halogenated alkanes) is 51. The molecule has 0 rings (SSSR count). The highest BCUT2D eigenvalue weighted by molar-refractivity contribution is 7.47. The predicted octanol–water partition coefficient (Wildman–Crippen LogP) is 26.1. The molecule has 3 unspecified atom stereocenters. The number of aliphatic hydroxyl groups excluding tert-OH is 1. The van der Waals surface area contributed by atoms with Gasteiger partial charge in [0.15, 0.2) is 12.2 Å². The second-order valence-electron chi connectivity index (χ2n) is 32.1. The maximum absolute atomic E-state index is 13.1. The fraction of sp³-hybridized carbons (Fsp3) is 0.953. The number of aliphatic hydroxyl groups is 1. The summed E-state index contributed by atoms with van der Waals surface area (Å²) in [5.74, 6) is 0.252. The summed E-state index contributed by atoms with van der Waals surface area (Å²) < 4.78 is 68.9. The Labute approximate surface area is 645 Å². The van der Waals surface area contributed by atoms with Gasteiger partial charge in [-0.25, -0.2) is 9.13 Å². The smallest absolute Gasteiger partial charge is 0.462 e. The molecular weight excluding hydrogens is 1370 g/mol. The van der Waals surface area contributed by atoms with Gasteiger partial charge in [0.2, 0.25) is 0 Å². The van der Waals surface area contributed by atoms with E-state index in [2.05, 4.69) is 48.5 Å². The Bertz CT molecular complexity index is 2030. The summed E-state index contributed by atoms with van der Waals surface area (Å²) in [7, 11) is -9.93. The van der Waals surface area contributed by atoms with E-state index in [-0.39, 0.29) is 25.7 Å². The number of hydrogen-bond acceptors (Lipinski definition) is 15. The van der Waals surface area contributed by atoms with Crippen molar-refractivity contribution in [1.29, 1.82) is 0 Å². The maximum atomic E-state index is 13.1. The minimum Gasteiger partial charge on any atom is -0.462 e. The highest BCUT2D eigenvalue weighted by atomic mass is 31.2. The Morgan fingerprint density at radius 1 is 0.276 bits per heavy atom. The van der Waals surface area contributed by atoms with E-state index < -0.39 is 97.5 Å². The summed E-state index contributed by atoms with van der Waals surface area (Å²) >= 11 is 0. The van der Waals surface area contributed by atoms with E-state index in [1.165, 1.54) is 257 Å². The fourth-order valence-electron chi connectivity index (χ4n) is 13.3. The third-order valence-corrected chi connectivity index (χ3v) is 22.4. The fourth-order valence-corrected chi connectivity index (χ4v) is 14.9. The van der Waals surface area contributed by atoms with Crippen LogP contribution in [-0.4, -0.2) is 96.7 Å². The van der Waals surface area contributed by atoms with Crippen LogP contribution in [0.5, 0.6) is 0 Å². The Hall–Kier alpha value is -1.94. The van der Waals surface area contributed by atoms with Gasteiger partial charge in [0.05, 0.1) is 26.4 Å². The molecule has 0 aromatic carbocycles. The lowest BCUT2D eigenvalue weighted by molar-refractivity contribution is -0.161. The average molecular weight is 1540 g/mol. The lowest BCUT2D eigenvalue weighted by atomic mass is 9.99. The summed E-state index contributed by atoms with van der Waals surface area (Å²) in [5, 5.41) is 10.7. The summed E-state index contributed by atoms with van der Waals surface area (Å²) in [5.41, 5.74) is 0. The van der Waals surface area contributed by atoms with E-state index in [0.717, 1.165) is 108 Å². The number of ether oxygens (including phenoxy) is 4. The number of phosphoric ester groups is 2. The molecule has 0 aliphatic heterocycles. The van der Waals surface area contributed by atoms with E-state index in [1.54, 1.807) is 0 Å². The average Bonchev–Trinajstić information content (AvgIpc) is 0.914. The molecule has 0 saturated heterocycles. The lowest BCUT2D eigenvalue weighted by Crippen LogP contribution is -2.30. The van der Waals surface area contributed by atoms with Crippen molar-refractivity contribution < 1.29 is 80.2 Å². The number of carbonyl (C=O) groups excluding carboxylic acids is 4. The van der Waals surface area contributed by atoms with Crippen molar-refractivity contribution in [3.05, 3.63) is 0 Å². The van der Waals surface area contributed by atoms with Gasteiger partial charge in [-0.05, 0) is 43.4 Å². The number of hydrogen-bond donors (Lipinski definition) is 3. The van der Waals surface area contributed by atoms with Crippen LogP contribution in [0.4, 0.5) is 0 Å². The Morgan fingerprint density at radius 3 is 0.724 bits per heavy atom. The number of esters is 4. The van der Waals surface area contributed by atoms with Gasteiger partial charge in [0, 0.05) is 25.7 Å². The molecule has 0 aliphatic carbocycles. The first-order valence-electron chi connectivity index (χ1n) is 44.4. The molecular formula is C86H168O17P2. The van der Waals surface area contributed by atoms with Gasteiger partial charge in [0.25, 0.3) is 0 Å². The van der Waals surface area contributed by atoms with Gasteiger partial charge in [-0.1, -0.05) is 402 Å². The third-order valence-electron chi connectivity index (χ3n) is 20.5. The standard InChI is InChI=1S/C86H168O17P2/c1-8-10-11-12-13-14-15-16-17-18-19-20-23-30-35-40-47-55-62-69-85(90)102-81(73-96-83(88)67-60-53-46-39-34-29-24-21-22-27-32-37-43-50-57-64-77(3)4)75-100-104(92,93)98-71-80(87)72-99-105(94,95)101-76-82(74-97-84(89)68-61-54-49-42-44-51-58-65-78(5)6)103-86(91)70-63-56-48-41-36-31-26-25-28-33-38-45-52-59-66-79(7)9-2/h77-82,87H,8-76H2,1-7H3,(H,92,93)(H,94,95)/t79?,80-,81-,82-/m1/s1. The van der Waals surface area contributed by atoms with Crippen molar-refractivity contribution in [3.63, 3.8) is 0 Å². The molecule has 0 aliphatic rings. The summed E-state index contributed by atoms with van der Waals surface area (Å²) in [6, 6.07) is 0. The monoisotopic (exact) mass is 1540 g/mol. The minimum absolute atomic E-state index is 0.107. The highest BCUT2D eigenvalue weighted by Gasteiger charge is 2.30. The zero-order valence-corrected chi connectivity index (χ0v) is 71.0. The van der Waals surface area contributed by atoms with Crippen molar-refractivity contribution in [2.45, 2.75) is 471 Å². The molecule has 624 valence electrons. The second-order valence-corrected chi connectivity index (χ2v) is 35.0. The van der Waals surface area contributed by atoms with Crippen LogP contribution in [0.15, 0.2) is 0 Å². The molecule has 3 N–H and O–H groups in total. The first-order chi connectivity index (χ1) is 50.8. The Balaban J connectivity index is 5.24. The topological polar surface area (TPSA) is 237 Å². The molecule has 0 aromatic heterocycles. The number of rotatable bonds is 84. The SMILES string of the molecule is CCCCCCCCCCCCCCCCCCCCCC(=O)O[C@H](COC(=O)CCCCCCCCCCCCCCCCCC(C)C)COP(=O)(O)OC[C@@H](O)COP(=O)(O)OC[C@@H](COC(=O)CCCCCCCCCC(C)C)OC(=O)CCCCCCCCCCCCCCCCC(C)CC. The van der Waals surface area contributed by atoms with Crippen LogP contribution in [0.1, 0.15) is 453 Å². The van der Waals surface area contributed by atoms with Crippen molar-refractivity contribution in [2.75, 3.05) is 39.6 Å². The quantitative estimate of drug-likeness (QED) is 0.0222. The van der Waals surface area contributed by atoms with Crippen molar-refractivity contribution in [2.24, 2.45) is 17.8 Å². The van der Waals surface area contributed by atoms with Crippen LogP contribution in [0, 0.1) is 17.8 Å². The predicted molar refractivity (Wildman–Crippen MR) is 432 cm³/mol. The van der Waals surface area contributed by atoms with Crippen LogP contribution in [0.25, 0.3) is 0 Å². The number of carbonyl (C=O) groups is 4. The zero-order valence-electron chi connectivity index (χ0n) is 69.2. The minimum atomic E-state index is -4.97. The zero-order chi connectivity index (χ0) is 77.2. The molecule has 0 radical (unpaired) electrons. The molecule has 0 heterocycles. The molecule has 19 heteroatoms. The molecule has 105 heavy (non-hydrogen) atoms. The van der Waals surface area contributed by atoms with E-state index in [4.69, 9.17) is 37.0 Å². The van der Waals surface area contributed by atoms with E-state index in [9.17, 15) is 43.2 Å². The van der Waals surface area contributed by atoms with Crippen molar-refractivity contribution in [1.82, 2.24) is 0 Å². The van der Waals surface area contributed by atoms with Crippen LogP contribution < -0.4 is 0 Å². The van der Waals surface area contributed by atoms with Gasteiger partial charge in [-0.15, -0.1) is 0 Å². The molecule has 0 fully saturated rings. The largest absolute Gasteiger partial charge is 0.472 e. The second kappa shape index (κ2) is 76.1. The van der Waals surface area contributed by atoms with Gasteiger partial charge in [0.1, 0.15) is 19.3 Å². The summed E-state index contributed by atoms with van der Waals surface area (Å²) in [6.45, 7) is 12.0. The lowest BCUT2D eigenvalue weighted by Gasteiger charge is -2.21. The Kier molecular flexibility index (Phi) is 74.7. The van der Waals surface area contributed by atoms with E-state index >= 15 is 0 Å². The normalized spacial score (nSPS) is 14.1. The van der Waals surface area contributed by atoms with Crippen molar-refractivity contribution >= 4 is 39.5 Å². The first-order valence-corrected chi connectivity index (χ1v) is 47.4. The Morgan fingerprint density at radius 2 is 0.486 bits per heavy atom. The van der Waals surface area contributed by atoms with Crippen LogP contribution >= 0.6 is 15.6 Å². The van der Waals surface area contributed by atoms with Crippen LogP contribution in [-0.2, 0) is 65.4 Å².